The predicted octanol–water partition coefficient (Wildman–Crippen LogP) is 1.44. The number of nitrogens with zero attached hydrogens (tertiary/aromatic N) is 4. The first-order chi connectivity index (χ1) is 12.9. The van der Waals surface area contributed by atoms with Gasteiger partial charge in [0.1, 0.15) is 6.33 Å². The van der Waals surface area contributed by atoms with Crippen LogP contribution in [0.2, 0.25) is 0 Å². The number of H-pyrrole nitrogens is 1. The molecule has 3 heterocycles. The fraction of sp³-hybridized carbons (Fsp3) is 0.389. The van der Waals surface area contributed by atoms with Crippen LogP contribution in [0.4, 0.5) is 5.69 Å². The molecule has 0 atom stereocenters. The van der Waals surface area contributed by atoms with E-state index in [1.165, 1.54) is 10.8 Å². The highest BCUT2D eigenvalue weighted by molar-refractivity contribution is 7.91. The first kappa shape index (κ1) is 17.7. The third-order valence-corrected chi connectivity index (χ3v) is 6.53. The van der Waals surface area contributed by atoms with E-state index in [-0.39, 0.29) is 23.0 Å². The number of rotatable bonds is 3. The smallest absolute Gasteiger partial charge is 0.279 e. The maximum absolute atomic E-state index is 12.8. The van der Waals surface area contributed by atoms with Crippen molar-refractivity contribution in [3.05, 3.63) is 46.5 Å². The number of hydrogen-bond donors (Lipinski definition) is 1. The van der Waals surface area contributed by atoms with Crippen molar-refractivity contribution < 1.29 is 8.42 Å². The van der Waals surface area contributed by atoms with Crippen LogP contribution in [0.1, 0.15) is 25.3 Å². The molecule has 9 heteroatoms. The maximum atomic E-state index is 12.8. The van der Waals surface area contributed by atoms with Crippen molar-refractivity contribution in [3.63, 3.8) is 0 Å². The van der Waals surface area contributed by atoms with Gasteiger partial charge in [-0.1, -0.05) is 26.0 Å². The van der Waals surface area contributed by atoms with E-state index >= 15 is 0 Å². The van der Waals surface area contributed by atoms with Crippen LogP contribution >= 0.6 is 0 Å². The Bertz CT molecular complexity index is 1130. The number of aromatic nitrogens is 4. The summed E-state index contributed by atoms with van der Waals surface area (Å²) in [5, 5.41) is 3.99. The normalized spacial score (nSPS) is 16.9. The Labute approximate surface area is 156 Å². The molecule has 1 aliphatic heterocycles. The lowest BCUT2D eigenvalue weighted by Gasteiger charge is -2.28. The molecular weight excluding hydrogens is 366 g/mol. The van der Waals surface area contributed by atoms with Gasteiger partial charge in [-0.15, -0.1) is 0 Å². The number of anilines is 1. The highest BCUT2D eigenvalue weighted by Crippen LogP contribution is 2.27. The van der Waals surface area contributed by atoms with Crippen LogP contribution in [0.3, 0.4) is 0 Å². The van der Waals surface area contributed by atoms with E-state index in [1.54, 1.807) is 0 Å². The lowest BCUT2D eigenvalue weighted by molar-refractivity contribution is 0.587. The Kier molecular flexibility index (Phi) is 4.26. The van der Waals surface area contributed by atoms with E-state index in [0.717, 1.165) is 16.9 Å². The third-order valence-electron chi connectivity index (χ3n) is 4.92. The first-order valence-electron chi connectivity index (χ1n) is 8.87. The summed E-state index contributed by atoms with van der Waals surface area (Å²) < 4.78 is 24.5. The molecule has 27 heavy (non-hydrogen) atoms. The van der Waals surface area contributed by atoms with Crippen molar-refractivity contribution in [2.45, 2.75) is 19.8 Å². The second kappa shape index (κ2) is 6.49. The van der Waals surface area contributed by atoms with E-state index in [2.05, 4.69) is 20.0 Å². The topological polar surface area (TPSA) is 100 Å². The van der Waals surface area contributed by atoms with Crippen molar-refractivity contribution in [1.82, 2.24) is 19.6 Å². The summed E-state index contributed by atoms with van der Waals surface area (Å²) in [6.45, 7) is 4.95. The van der Waals surface area contributed by atoms with Gasteiger partial charge < -0.3 is 9.88 Å². The molecule has 8 nitrogen and oxygen atoms in total. The van der Waals surface area contributed by atoms with E-state index < -0.39 is 9.84 Å². The SMILES string of the molecule is CC(C)c1c(-c2ccc(N3CCS(=O)(=O)CC3)cc2)[nH]c2ncnn2c1=O. The van der Waals surface area contributed by atoms with Gasteiger partial charge in [-0.05, 0) is 23.6 Å². The standard InChI is InChI=1S/C18H21N5O3S/c1-12(2)15-16(21-18-19-11-20-23(18)17(15)24)13-3-5-14(6-4-13)22-7-9-27(25,26)10-8-22/h3-6,11-12H,7-10H2,1-2H3,(H,19,20,21). The fourth-order valence-electron chi connectivity index (χ4n) is 3.45. The molecule has 0 amide bonds. The molecule has 1 aromatic carbocycles. The minimum atomic E-state index is -2.91. The number of benzene rings is 1. The van der Waals surface area contributed by atoms with Gasteiger partial charge >= 0.3 is 0 Å². The molecular formula is C18H21N5O3S. The molecule has 4 rings (SSSR count). The zero-order chi connectivity index (χ0) is 19.2. The zero-order valence-electron chi connectivity index (χ0n) is 15.2. The average molecular weight is 387 g/mol. The number of fused-ring (bicyclic) bond motifs is 1. The Balaban J connectivity index is 1.72. The molecule has 1 fully saturated rings. The quantitative estimate of drug-likeness (QED) is 0.730. The maximum Gasteiger partial charge on any atom is 0.279 e. The summed E-state index contributed by atoms with van der Waals surface area (Å²) >= 11 is 0. The van der Waals surface area contributed by atoms with Gasteiger partial charge in [-0.3, -0.25) is 4.79 Å². The second-order valence-corrected chi connectivity index (χ2v) is 9.36. The minimum Gasteiger partial charge on any atom is -0.369 e. The summed E-state index contributed by atoms with van der Waals surface area (Å²) in [4.78, 5) is 22.2. The second-order valence-electron chi connectivity index (χ2n) is 7.05. The molecule has 0 radical (unpaired) electrons. The van der Waals surface area contributed by atoms with Gasteiger partial charge in [0.05, 0.1) is 17.2 Å². The summed E-state index contributed by atoms with van der Waals surface area (Å²) in [5.41, 5.74) is 3.09. The van der Waals surface area contributed by atoms with Crippen molar-refractivity contribution in [1.29, 1.82) is 0 Å². The van der Waals surface area contributed by atoms with E-state index in [0.29, 0.717) is 24.4 Å². The Morgan fingerprint density at radius 2 is 1.78 bits per heavy atom. The minimum absolute atomic E-state index is 0.0179. The van der Waals surface area contributed by atoms with Gasteiger partial charge in [0, 0.05) is 24.3 Å². The summed E-state index contributed by atoms with van der Waals surface area (Å²) in [6.07, 6.45) is 1.36. The largest absolute Gasteiger partial charge is 0.369 e. The number of sulfone groups is 1. The summed E-state index contributed by atoms with van der Waals surface area (Å²) in [6, 6.07) is 7.82. The number of aromatic amines is 1. The van der Waals surface area contributed by atoms with Crippen molar-refractivity contribution in [2.75, 3.05) is 29.5 Å². The molecule has 0 unspecified atom stereocenters. The Morgan fingerprint density at radius 3 is 2.41 bits per heavy atom. The van der Waals surface area contributed by atoms with E-state index in [4.69, 9.17) is 0 Å². The third kappa shape index (κ3) is 3.23. The molecule has 0 spiro atoms. The van der Waals surface area contributed by atoms with Crippen LogP contribution in [0, 0.1) is 0 Å². The molecule has 142 valence electrons. The summed E-state index contributed by atoms with van der Waals surface area (Å²) in [7, 11) is -2.91. The van der Waals surface area contributed by atoms with Crippen LogP contribution in [0.15, 0.2) is 35.4 Å². The zero-order valence-corrected chi connectivity index (χ0v) is 16.0. The molecule has 0 saturated carbocycles. The van der Waals surface area contributed by atoms with E-state index in [1.807, 2.05) is 38.1 Å². The van der Waals surface area contributed by atoms with Gasteiger partial charge in [0.25, 0.3) is 5.56 Å². The van der Waals surface area contributed by atoms with Crippen LogP contribution in [0.5, 0.6) is 0 Å². The summed E-state index contributed by atoms with van der Waals surface area (Å²) in [5.74, 6) is 0.792. The van der Waals surface area contributed by atoms with E-state index in [9.17, 15) is 13.2 Å². The van der Waals surface area contributed by atoms with Gasteiger partial charge in [-0.25, -0.2) is 8.42 Å². The number of hydrogen-bond acceptors (Lipinski definition) is 6. The highest BCUT2D eigenvalue weighted by atomic mass is 32.2. The molecule has 0 aliphatic carbocycles. The lowest BCUT2D eigenvalue weighted by atomic mass is 9.98. The van der Waals surface area contributed by atoms with Crippen LogP contribution in [0.25, 0.3) is 17.0 Å². The Hall–Kier alpha value is -2.68. The van der Waals surface area contributed by atoms with Crippen LogP contribution in [-0.4, -0.2) is 52.6 Å². The van der Waals surface area contributed by atoms with Crippen molar-refractivity contribution in [3.8, 4) is 11.3 Å². The molecule has 2 aromatic heterocycles. The van der Waals surface area contributed by atoms with Gasteiger partial charge in [-0.2, -0.15) is 14.6 Å². The van der Waals surface area contributed by atoms with Crippen molar-refractivity contribution in [2.24, 2.45) is 0 Å². The number of nitrogens with one attached hydrogen (secondary N) is 1. The molecule has 0 bridgehead atoms. The van der Waals surface area contributed by atoms with Crippen LogP contribution in [-0.2, 0) is 9.84 Å². The first-order valence-corrected chi connectivity index (χ1v) is 10.7. The Morgan fingerprint density at radius 1 is 1.11 bits per heavy atom. The molecule has 1 saturated heterocycles. The lowest BCUT2D eigenvalue weighted by Crippen LogP contribution is -2.40. The van der Waals surface area contributed by atoms with Crippen LogP contribution < -0.4 is 10.5 Å². The predicted molar refractivity (Wildman–Crippen MR) is 104 cm³/mol. The van der Waals surface area contributed by atoms with Gasteiger partial charge in [0.15, 0.2) is 9.84 Å². The monoisotopic (exact) mass is 387 g/mol. The highest BCUT2D eigenvalue weighted by Gasteiger charge is 2.22. The van der Waals surface area contributed by atoms with Crippen molar-refractivity contribution >= 4 is 21.3 Å². The van der Waals surface area contributed by atoms with Gasteiger partial charge in [0.2, 0.25) is 5.78 Å². The molecule has 1 N–H and O–H groups in total. The average Bonchev–Trinajstić information content (AvgIpc) is 3.10. The fourth-order valence-corrected chi connectivity index (χ4v) is 4.65. The molecule has 1 aliphatic rings. The molecule has 3 aromatic rings.